The predicted octanol–water partition coefficient (Wildman–Crippen LogP) is -2.45. The van der Waals surface area contributed by atoms with Crippen molar-refractivity contribution in [2.24, 2.45) is 12.8 Å². The smallest absolute Gasteiger partial charge is 0.309 e. The molecule has 0 aliphatic heterocycles. The Bertz CT molecular complexity index is 389. The van der Waals surface area contributed by atoms with Crippen molar-refractivity contribution in [2.45, 2.75) is 6.42 Å². The Balaban J connectivity index is 2.24. The van der Waals surface area contributed by atoms with Crippen molar-refractivity contribution >= 4 is 11.8 Å². The summed E-state index contributed by atoms with van der Waals surface area (Å²) in [5, 5.41) is 12.4. The second kappa shape index (κ2) is 6.59. The van der Waals surface area contributed by atoms with Gasteiger partial charge in [0.1, 0.15) is 12.2 Å². The van der Waals surface area contributed by atoms with E-state index in [9.17, 15) is 9.59 Å². The summed E-state index contributed by atoms with van der Waals surface area (Å²) in [6, 6.07) is 0. The van der Waals surface area contributed by atoms with E-state index in [4.69, 9.17) is 5.73 Å². The Kier molecular flexibility index (Phi) is 5.08. The molecular formula is C9H16N6O2. The van der Waals surface area contributed by atoms with Crippen LogP contribution in [0.15, 0.2) is 6.33 Å². The second-order valence-corrected chi connectivity index (χ2v) is 3.41. The molecule has 94 valence electrons. The van der Waals surface area contributed by atoms with Crippen molar-refractivity contribution in [1.82, 2.24) is 25.4 Å². The van der Waals surface area contributed by atoms with Gasteiger partial charge in [-0.15, -0.1) is 10.2 Å². The zero-order valence-corrected chi connectivity index (χ0v) is 9.64. The highest BCUT2D eigenvalue weighted by Gasteiger charge is 2.11. The zero-order valence-electron chi connectivity index (χ0n) is 9.64. The van der Waals surface area contributed by atoms with E-state index in [1.807, 2.05) is 7.05 Å². The fourth-order valence-corrected chi connectivity index (χ4v) is 1.17. The van der Waals surface area contributed by atoms with E-state index in [0.29, 0.717) is 19.5 Å². The molecule has 0 atom stereocenters. The van der Waals surface area contributed by atoms with Crippen LogP contribution in [0, 0.1) is 0 Å². The average Bonchev–Trinajstić information content (AvgIpc) is 2.72. The third-order valence-electron chi connectivity index (χ3n) is 2.08. The highest BCUT2D eigenvalue weighted by molar-refractivity contribution is 6.35. The molecule has 1 aromatic rings. The molecule has 0 spiro atoms. The van der Waals surface area contributed by atoms with Crippen LogP contribution in [-0.2, 0) is 23.1 Å². The van der Waals surface area contributed by atoms with Crippen molar-refractivity contribution in [3.8, 4) is 0 Å². The number of nitrogens with two attached hydrogens (primary N) is 1. The SMILES string of the molecule is Cn1cnnc1CCNC(=O)C(=O)NCCN. The van der Waals surface area contributed by atoms with Crippen LogP contribution < -0.4 is 16.4 Å². The van der Waals surface area contributed by atoms with Gasteiger partial charge in [0, 0.05) is 33.1 Å². The van der Waals surface area contributed by atoms with E-state index in [1.165, 1.54) is 0 Å². The summed E-state index contributed by atoms with van der Waals surface area (Å²) in [4.78, 5) is 22.4. The Hall–Kier alpha value is -1.96. The average molecular weight is 240 g/mol. The minimum Gasteiger partial charge on any atom is -0.347 e. The molecule has 8 nitrogen and oxygen atoms in total. The van der Waals surface area contributed by atoms with Gasteiger partial charge in [0.25, 0.3) is 0 Å². The molecule has 2 amide bonds. The number of hydrogen-bond donors (Lipinski definition) is 3. The molecule has 17 heavy (non-hydrogen) atoms. The van der Waals surface area contributed by atoms with Gasteiger partial charge >= 0.3 is 11.8 Å². The highest BCUT2D eigenvalue weighted by atomic mass is 16.2. The number of nitrogens with one attached hydrogen (secondary N) is 2. The molecule has 1 heterocycles. The molecule has 0 fully saturated rings. The minimum atomic E-state index is -0.673. The summed E-state index contributed by atoms with van der Waals surface area (Å²) in [7, 11) is 1.81. The summed E-state index contributed by atoms with van der Waals surface area (Å²) in [5.74, 6) is -0.596. The normalized spacial score (nSPS) is 10.0. The van der Waals surface area contributed by atoms with Crippen molar-refractivity contribution in [2.75, 3.05) is 19.6 Å². The van der Waals surface area contributed by atoms with E-state index in [2.05, 4.69) is 20.8 Å². The Labute approximate surface area is 98.6 Å². The zero-order chi connectivity index (χ0) is 12.7. The van der Waals surface area contributed by atoms with E-state index < -0.39 is 11.8 Å². The van der Waals surface area contributed by atoms with Gasteiger partial charge in [-0.2, -0.15) is 0 Å². The summed E-state index contributed by atoms with van der Waals surface area (Å²) in [6.07, 6.45) is 2.09. The molecule has 0 aromatic carbocycles. The lowest BCUT2D eigenvalue weighted by molar-refractivity contribution is -0.139. The van der Waals surface area contributed by atoms with Crippen LogP contribution in [-0.4, -0.2) is 46.2 Å². The van der Waals surface area contributed by atoms with Crippen LogP contribution in [0.1, 0.15) is 5.82 Å². The lowest BCUT2D eigenvalue weighted by Crippen LogP contribution is -2.42. The number of aryl methyl sites for hydroxylation is 1. The van der Waals surface area contributed by atoms with E-state index in [1.54, 1.807) is 10.9 Å². The van der Waals surface area contributed by atoms with Gasteiger partial charge in [0.15, 0.2) is 0 Å². The fraction of sp³-hybridized carbons (Fsp3) is 0.556. The minimum absolute atomic E-state index is 0.287. The largest absolute Gasteiger partial charge is 0.347 e. The quantitative estimate of drug-likeness (QED) is 0.494. The summed E-state index contributed by atoms with van der Waals surface area (Å²) in [6.45, 7) is 0.926. The van der Waals surface area contributed by atoms with Gasteiger partial charge in [0.05, 0.1) is 0 Å². The first-order valence-corrected chi connectivity index (χ1v) is 5.24. The number of amides is 2. The van der Waals surface area contributed by atoms with E-state index >= 15 is 0 Å². The molecule has 0 aliphatic rings. The number of nitrogens with zero attached hydrogens (tertiary/aromatic N) is 3. The van der Waals surface area contributed by atoms with Crippen LogP contribution >= 0.6 is 0 Å². The van der Waals surface area contributed by atoms with E-state index in [0.717, 1.165) is 5.82 Å². The van der Waals surface area contributed by atoms with Crippen LogP contribution in [0.4, 0.5) is 0 Å². The first kappa shape index (κ1) is 13.1. The van der Waals surface area contributed by atoms with Gasteiger partial charge in [-0.1, -0.05) is 0 Å². The molecular weight excluding hydrogens is 224 g/mol. The van der Waals surface area contributed by atoms with Crippen molar-refractivity contribution < 1.29 is 9.59 Å². The first-order chi connectivity index (χ1) is 8.15. The van der Waals surface area contributed by atoms with E-state index in [-0.39, 0.29) is 6.54 Å². The summed E-state index contributed by atoms with van der Waals surface area (Å²) < 4.78 is 1.75. The molecule has 0 saturated carbocycles. The molecule has 0 saturated heterocycles. The Morgan fingerprint density at radius 3 is 2.53 bits per heavy atom. The third kappa shape index (κ3) is 4.19. The van der Waals surface area contributed by atoms with Crippen molar-refractivity contribution in [3.05, 3.63) is 12.2 Å². The van der Waals surface area contributed by atoms with Gasteiger partial charge in [-0.25, -0.2) is 0 Å². The Morgan fingerprint density at radius 1 is 1.35 bits per heavy atom. The van der Waals surface area contributed by atoms with Gasteiger partial charge in [0.2, 0.25) is 0 Å². The lowest BCUT2D eigenvalue weighted by atomic mass is 10.4. The number of aromatic nitrogens is 3. The third-order valence-corrected chi connectivity index (χ3v) is 2.08. The Morgan fingerprint density at radius 2 is 2.00 bits per heavy atom. The van der Waals surface area contributed by atoms with Crippen LogP contribution in [0.25, 0.3) is 0 Å². The topological polar surface area (TPSA) is 115 Å². The van der Waals surface area contributed by atoms with Crippen molar-refractivity contribution in [3.63, 3.8) is 0 Å². The molecule has 0 bridgehead atoms. The lowest BCUT2D eigenvalue weighted by Gasteiger charge is -2.05. The standard InChI is InChI=1S/C9H16N6O2/c1-15-6-13-14-7(15)2-4-11-8(16)9(17)12-5-3-10/h6H,2-5,10H2,1H3,(H,11,16)(H,12,17). The van der Waals surface area contributed by atoms with Crippen molar-refractivity contribution in [1.29, 1.82) is 0 Å². The molecule has 1 rings (SSSR count). The monoisotopic (exact) mass is 240 g/mol. The molecule has 4 N–H and O–H groups in total. The van der Waals surface area contributed by atoms with Gasteiger partial charge in [-0.05, 0) is 0 Å². The molecule has 8 heteroatoms. The summed E-state index contributed by atoms with van der Waals surface area (Å²) >= 11 is 0. The number of rotatable bonds is 5. The van der Waals surface area contributed by atoms with Gasteiger partial charge < -0.3 is 20.9 Å². The number of carbonyl (C=O) groups is 2. The maximum Gasteiger partial charge on any atom is 0.309 e. The maximum atomic E-state index is 11.3. The molecule has 0 aliphatic carbocycles. The van der Waals surface area contributed by atoms with Gasteiger partial charge in [-0.3, -0.25) is 9.59 Å². The number of carbonyl (C=O) groups excluding carboxylic acids is 2. The first-order valence-electron chi connectivity index (χ1n) is 5.24. The van der Waals surface area contributed by atoms with Crippen LogP contribution in [0.3, 0.4) is 0 Å². The van der Waals surface area contributed by atoms with Crippen LogP contribution in [0.2, 0.25) is 0 Å². The highest BCUT2D eigenvalue weighted by Crippen LogP contribution is 1.90. The predicted molar refractivity (Wildman–Crippen MR) is 59.8 cm³/mol. The second-order valence-electron chi connectivity index (χ2n) is 3.41. The fourth-order valence-electron chi connectivity index (χ4n) is 1.17. The molecule has 0 radical (unpaired) electrons. The molecule has 1 aromatic heterocycles. The maximum absolute atomic E-state index is 11.3. The summed E-state index contributed by atoms with van der Waals surface area (Å²) in [5.41, 5.74) is 5.19. The number of hydrogen-bond acceptors (Lipinski definition) is 5. The molecule has 0 unspecified atom stereocenters. The van der Waals surface area contributed by atoms with Crippen LogP contribution in [0.5, 0.6) is 0 Å².